The minimum atomic E-state index is -0.0688. The lowest BCUT2D eigenvalue weighted by atomic mass is 10.1. The summed E-state index contributed by atoms with van der Waals surface area (Å²) in [5.41, 5.74) is 0.873. The van der Waals surface area contributed by atoms with Gasteiger partial charge in [0.05, 0.1) is 42.9 Å². The van der Waals surface area contributed by atoms with E-state index in [0.29, 0.717) is 35.6 Å². The Bertz CT molecular complexity index is 422. The van der Waals surface area contributed by atoms with Crippen LogP contribution in [0.3, 0.4) is 0 Å². The Labute approximate surface area is 124 Å². The van der Waals surface area contributed by atoms with Crippen LogP contribution in [0.15, 0.2) is 12.1 Å². The first-order valence-electron chi connectivity index (χ1n) is 5.50. The van der Waals surface area contributed by atoms with Gasteiger partial charge < -0.3 is 14.2 Å². The van der Waals surface area contributed by atoms with Crippen LogP contribution in [0, 0.1) is 0 Å². The number of rotatable bonds is 3. The van der Waals surface area contributed by atoms with Gasteiger partial charge >= 0.3 is 0 Å². The molecule has 0 aromatic heterocycles. The van der Waals surface area contributed by atoms with Crippen molar-refractivity contribution in [3.05, 3.63) is 27.7 Å². The molecule has 0 amide bonds. The summed E-state index contributed by atoms with van der Waals surface area (Å²) < 4.78 is 16.1. The zero-order valence-corrected chi connectivity index (χ0v) is 12.9. The summed E-state index contributed by atoms with van der Waals surface area (Å²) in [6.45, 7) is 1.76. The maximum atomic E-state index is 6.23. The van der Waals surface area contributed by atoms with E-state index in [-0.39, 0.29) is 10.9 Å². The van der Waals surface area contributed by atoms with Crippen molar-refractivity contribution in [3.63, 3.8) is 0 Å². The first kappa shape index (κ1) is 14.4. The second-order valence-corrected chi connectivity index (χ2v) is 5.70. The van der Waals surface area contributed by atoms with Crippen molar-refractivity contribution in [1.29, 1.82) is 0 Å². The Hall–Kier alpha value is -0.000000000000000167. The smallest absolute Gasteiger partial charge is 0.138 e. The predicted molar refractivity (Wildman–Crippen MR) is 75.2 cm³/mol. The van der Waals surface area contributed by atoms with Crippen LogP contribution in [-0.2, 0) is 9.47 Å². The Morgan fingerprint density at radius 1 is 1.33 bits per heavy atom. The summed E-state index contributed by atoms with van der Waals surface area (Å²) >= 11 is 15.9. The van der Waals surface area contributed by atoms with Gasteiger partial charge in [-0.25, -0.2) is 0 Å². The first-order chi connectivity index (χ1) is 8.63. The first-order valence-corrected chi connectivity index (χ1v) is 7.17. The number of ether oxygens (including phenoxy) is 3. The molecule has 6 heteroatoms. The van der Waals surface area contributed by atoms with E-state index in [4.69, 9.17) is 37.4 Å². The molecule has 2 unspecified atom stereocenters. The lowest BCUT2D eigenvalue weighted by Gasteiger charge is -2.28. The van der Waals surface area contributed by atoms with Crippen LogP contribution >= 0.6 is 39.1 Å². The van der Waals surface area contributed by atoms with Crippen molar-refractivity contribution in [2.75, 3.05) is 26.9 Å². The maximum absolute atomic E-state index is 6.23. The Kier molecular flexibility index (Phi) is 5.15. The van der Waals surface area contributed by atoms with E-state index in [1.807, 2.05) is 0 Å². The highest BCUT2D eigenvalue weighted by molar-refractivity contribution is 9.09. The largest absolute Gasteiger partial charge is 0.495 e. The Balaban J connectivity index is 2.23. The van der Waals surface area contributed by atoms with Crippen molar-refractivity contribution in [1.82, 2.24) is 0 Å². The number of benzene rings is 1. The molecule has 1 aliphatic heterocycles. The standard InChI is InChI=1S/C12H13BrCl2O3/c1-16-10-5-8(14)7(4-9(10)15)12(13)11-6-17-2-3-18-11/h4-5,11-12H,2-3,6H2,1H3. The van der Waals surface area contributed by atoms with E-state index in [1.165, 1.54) is 0 Å². The normalized spacial score (nSPS) is 21.7. The summed E-state index contributed by atoms with van der Waals surface area (Å²) in [4.78, 5) is -0.0614. The molecule has 1 heterocycles. The van der Waals surface area contributed by atoms with Gasteiger partial charge in [-0.2, -0.15) is 0 Å². The van der Waals surface area contributed by atoms with E-state index < -0.39 is 0 Å². The lowest BCUT2D eigenvalue weighted by molar-refractivity contribution is -0.0876. The van der Waals surface area contributed by atoms with E-state index in [0.717, 1.165) is 5.56 Å². The van der Waals surface area contributed by atoms with Crippen LogP contribution in [0.1, 0.15) is 10.4 Å². The van der Waals surface area contributed by atoms with E-state index >= 15 is 0 Å². The fraction of sp³-hybridized carbons (Fsp3) is 0.500. The summed E-state index contributed by atoms with van der Waals surface area (Å²) in [7, 11) is 1.56. The highest BCUT2D eigenvalue weighted by atomic mass is 79.9. The van der Waals surface area contributed by atoms with Gasteiger partial charge in [0.1, 0.15) is 5.75 Å². The molecule has 1 fully saturated rings. The molecule has 2 atom stereocenters. The van der Waals surface area contributed by atoms with Gasteiger partial charge in [-0.1, -0.05) is 39.1 Å². The van der Waals surface area contributed by atoms with Gasteiger partial charge in [0.25, 0.3) is 0 Å². The second kappa shape index (κ2) is 6.44. The number of methoxy groups -OCH3 is 1. The van der Waals surface area contributed by atoms with Crippen molar-refractivity contribution >= 4 is 39.1 Å². The molecular formula is C12H13BrCl2O3. The molecule has 0 aliphatic carbocycles. The fourth-order valence-electron chi connectivity index (χ4n) is 1.79. The Morgan fingerprint density at radius 3 is 2.72 bits per heavy atom. The summed E-state index contributed by atoms with van der Waals surface area (Å²) in [5.74, 6) is 0.561. The lowest BCUT2D eigenvalue weighted by Crippen LogP contribution is -2.31. The third-order valence-electron chi connectivity index (χ3n) is 2.74. The molecule has 1 aromatic carbocycles. The van der Waals surface area contributed by atoms with Gasteiger partial charge in [0, 0.05) is 11.1 Å². The van der Waals surface area contributed by atoms with Crippen LogP contribution in [-0.4, -0.2) is 33.0 Å². The van der Waals surface area contributed by atoms with Crippen molar-refractivity contribution in [2.24, 2.45) is 0 Å². The fourth-order valence-corrected chi connectivity index (χ4v) is 3.12. The van der Waals surface area contributed by atoms with Gasteiger partial charge in [-0.3, -0.25) is 0 Å². The maximum Gasteiger partial charge on any atom is 0.138 e. The molecule has 3 nitrogen and oxygen atoms in total. The SMILES string of the molecule is COc1cc(Cl)c(C(Br)C2COCCO2)cc1Cl. The summed E-state index contributed by atoms with van der Waals surface area (Å²) in [6, 6.07) is 3.50. The molecule has 0 saturated carbocycles. The van der Waals surface area contributed by atoms with Crippen LogP contribution in [0.2, 0.25) is 10.0 Å². The third-order valence-corrected chi connectivity index (χ3v) is 4.44. The average Bonchev–Trinajstić information content (AvgIpc) is 2.41. The van der Waals surface area contributed by atoms with Gasteiger partial charge in [-0.15, -0.1) is 0 Å². The molecule has 1 saturated heterocycles. The highest BCUT2D eigenvalue weighted by Gasteiger charge is 2.26. The molecule has 0 spiro atoms. The molecule has 0 radical (unpaired) electrons. The second-order valence-electron chi connectivity index (χ2n) is 3.89. The van der Waals surface area contributed by atoms with Gasteiger partial charge in [0.2, 0.25) is 0 Å². The molecule has 1 aliphatic rings. The minimum Gasteiger partial charge on any atom is -0.495 e. The third kappa shape index (κ3) is 3.11. The van der Waals surface area contributed by atoms with Crippen LogP contribution in [0.5, 0.6) is 5.75 Å². The number of halogens is 3. The van der Waals surface area contributed by atoms with Crippen molar-refractivity contribution in [2.45, 2.75) is 10.9 Å². The van der Waals surface area contributed by atoms with E-state index in [2.05, 4.69) is 15.9 Å². The average molecular weight is 356 g/mol. The number of alkyl halides is 1. The molecule has 0 bridgehead atoms. The zero-order chi connectivity index (χ0) is 13.1. The van der Waals surface area contributed by atoms with Crippen molar-refractivity contribution in [3.8, 4) is 5.75 Å². The molecule has 0 N–H and O–H groups in total. The summed E-state index contributed by atoms with van der Waals surface area (Å²) in [5, 5.41) is 1.12. The quantitative estimate of drug-likeness (QED) is 0.770. The minimum absolute atomic E-state index is 0.0614. The topological polar surface area (TPSA) is 27.7 Å². The molecule has 2 rings (SSSR count). The van der Waals surface area contributed by atoms with Crippen LogP contribution in [0.25, 0.3) is 0 Å². The predicted octanol–water partition coefficient (Wildman–Crippen LogP) is 3.85. The van der Waals surface area contributed by atoms with Gasteiger partial charge in [0.15, 0.2) is 0 Å². The molecule has 100 valence electrons. The van der Waals surface area contributed by atoms with Crippen molar-refractivity contribution < 1.29 is 14.2 Å². The van der Waals surface area contributed by atoms with E-state index in [1.54, 1.807) is 19.2 Å². The number of hydrogen-bond acceptors (Lipinski definition) is 3. The van der Waals surface area contributed by atoms with Gasteiger partial charge in [-0.05, 0) is 11.6 Å². The molecule has 18 heavy (non-hydrogen) atoms. The monoisotopic (exact) mass is 354 g/mol. The van der Waals surface area contributed by atoms with Crippen LogP contribution < -0.4 is 4.74 Å². The van der Waals surface area contributed by atoms with E-state index in [9.17, 15) is 0 Å². The molecule has 1 aromatic rings. The zero-order valence-electron chi connectivity index (χ0n) is 9.79. The number of hydrogen-bond donors (Lipinski definition) is 0. The Morgan fingerprint density at radius 2 is 2.11 bits per heavy atom. The molecular weight excluding hydrogens is 343 g/mol. The summed E-state index contributed by atoms with van der Waals surface area (Å²) in [6.07, 6.45) is -0.0688. The highest BCUT2D eigenvalue weighted by Crippen LogP contribution is 2.39. The van der Waals surface area contributed by atoms with Crippen LogP contribution in [0.4, 0.5) is 0 Å².